The summed E-state index contributed by atoms with van der Waals surface area (Å²) < 4.78 is 8.04. The van der Waals surface area contributed by atoms with Crippen LogP contribution in [0.15, 0.2) is 48.7 Å². The van der Waals surface area contributed by atoms with Gasteiger partial charge in [-0.1, -0.05) is 43.7 Å². The van der Waals surface area contributed by atoms with Crippen LogP contribution in [0.1, 0.15) is 25.5 Å². The molecular weight excluding hydrogens is 286 g/mol. The van der Waals surface area contributed by atoms with Gasteiger partial charge in [-0.2, -0.15) is 0 Å². The second kappa shape index (κ2) is 7.29. The van der Waals surface area contributed by atoms with E-state index in [0.29, 0.717) is 6.54 Å². The summed E-state index contributed by atoms with van der Waals surface area (Å²) in [6.07, 6.45) is 4.98. The van der Waals surface area contributed by atoms with E-state index in [4.69, 9.17) is 15.5 Å². The summed E-state index contributed by atoms with van der Waals surface area (Å²) in [4.78, 5) is 4.86. The quantitative estimate of drug-likeness (QED) is 0.677. The Balaban J connectivity index is 2.09. The van der Waals surface area contributed by atoms with E-state index < -0.39 is 0 Å². The zero-order valence-corrected chi connectivity index (χ0v) is 13.5. The van der Waals surface area contributed by atoms with Gasteiger partial charge in [-0.15, -0.1) is 0 Å². The van der Waals surface area contributed by atoms with Crippen molar-refractivity contribution in [3.63, 3.8) is 0 Å². The van der Waals surface area contributed by atoms with Crippen LogP contribution in [0.2, 0.25) is 0 Å². The van der Waals surface area contributed by atoms with E-state index in [9.17, 15) is 0 Å². The van der Waals surface area contributed by atoms with Gasteiger partial charge in [0, 0.05) is 18.2 Å². The Morgan fingerprint density at radius 2 is 1.96 bits per heavy atom. The Morgan fingerprint density at radius 3 is 2.70 bits per heavy atom. The van der Waals surface area contributed by atoms with Crippen molar-refractivity contribution >= 4 is 5.65 Å². The predicted molar refractivity (Wildman–Crippen MR) is 93.8 cm³/mol. The summed E-state index contributed by atoms with van der Waals surface area (Å²) >= 11 is 0. The van der Waals surface area contributed by atoms with Gasteiger partial charge in [-0.25, -0.2) is 4.98 Å². The molecule has 3 aromatic rings. The molecule has 3 rings (SSSR count). The van der Waals surface area contributed by atoms with E-state index >= 15 is 0 Å². The van der Waals surface area contributed by atoms with E-state index in [-0.39, 0.29) is 0 Å². The molecule has 0 aliphatic carbocycles. The SMILES string of the molecule is CCCCOc1cccn2c(CCN)c(-c3ccccc3)nc12. The van der Waals surface area contributed by atoms with E-state index in [1.807, 2.05) is 36.5 Å². The molecule has 1 aromatic carbocycles. The molecule has 0 aliphatic heterocycles. The number of rotatable bonds is 7. The summed E-state index contributed by atoms with van der Waals surface area (Å²) in [5, 5.41) is 0. The van der Waals surface area contributed by atoms with Gasteiger partial charge in [-0.3, -0.25) is 0 Å². The Bertz CT molecular complexity index is 765. The lowest BCUT2D eigenvalue weighted by molar-refractivity contribution is 0.311. The molecule has 0 amide bonds. The molecule has 0 atom stereocenters. The second-order valence-electron chi connectivity index (χ2n) is 5.58. The summed E-state index contributed by atoms with van der Waals surface area (Å²) in [6.45, 7) is 3.47. The van der Waals surface area contributed by atoms with Crippen LogP contribution < -0.4 is 10.5 Å². The van der Waals surface area contributed by atoms with Crippen molar-refractivity contribution < 1.29 is 4.74 Å². The summed E-state index contributed by atoms with van der Waals surface area (Å²) in [6, 6.07) is 14.2. The Hall–Kier alpha value is -2.33. The summed E-state index contributed by atoms with van der Waals surface area (Å²) in [7, 11) is 0. The first-order valence-electron chi connectivity index (χ1n) is 8.23. The lowest BCUT2D eigenvalue weighted by atomic mass is 10.1. The van der Waals surface area contributed by atoms with Crippen LogP contribution in [0.5, 0.6) is 5.75 Å². The van der Waals surface area contributed by atoms with Crippen molar-refractivity contribution in [1.82, 2.24) is 9.38 Å². The minimum atomic E-state index is 0.592. The number of pyridine rings is 1. The molecule has 2 heterocycles. The number of fused-ring (bicyclic) bond motifs is 1. The topological polar surface area (TPSA) is 52.5 Å². The Kier molecular flexibility index (Phi) is 4.93. The zero-order valence-electron chi connectivity index (χ0n) is 13.5. The van der Waals surface area contributed by atoms with Gasteiger partial charge in [-0.05, 0) is 25.1 Å². The van der Waals surface area contributed by atoms with Crippen molar-refractivity contribution in [2.45, 2.75) is 26.2 Å². The van der Waals surface area contributed by atoms with Crippen molar-refractivity contribution in [3.8, 4) is 17.0 Å². The third-order valence-corrected chi connectivity index (χ3v) is 3.90. The van der Waals surface area contributed by atoms with Gasteiger partial charge in [0.1, 0.15) is 0 Å². The third kappa shape index (κ3) is 3.22. The van der Waals surface area contributed by atoms with Gasteiger partial charge in [0.2, 0.25) is 0 Å². The fraction of sp³-hybridized carbons (Fsp3) is 0.316. The van der Waals surface area contributed by atoms with Crippen LogP contribution in [0.4, 0.5) is 0 Å². The number of imidazole rings is 1. The summed E-state index contributed by atoms with van der Waals surface area (Å²) in [5.41, 5.74) is 9.92. The molecule has 0 saturated carbocycles. The Labute approximate surface area is 136 Å². The molecule has 0 aliphatic rings. The number of aromatic nitrogens is 2. The van der Waals surface area contributed by atoms with E-state index in [1.165, 1.54) is 0 Å². The van der Waals surface area contributed by atoms with Gasteiger partial charge in [0.05, 0.1) is 18.0 Å². The van der Waals surface area contributed by atoms with Crippen LogP contribution in [0.3, 0.4) is 0 Å². The first-order valence-corrected chi connectivity index (χ1v) is 8.23. The minimum absolute atomic E-state index is 0.592. The van der Waals surface area contributed by atoms with Crippen LogP contribution in [0, 0.1) is 0 Å². The predicted octanol–water partition coefficient (Wildman–Crippen LogP) is 3.68. The average molecular weight is 309 g/mol. The molecule has 0 unspecified atom stereocenters. The first-order chi connectivity index (χ1) is 11.3. The highest BCUT2D eigenvalue weighted by atomic mass is 16.5. The lowest BCUT2D eigenvalue weighted by Crippen LogP contribution is -2.06. The molecule has 0 saturated heterocycles. The summed E-state index contributed by atoms with van der Waals surface area (Å²) in [5.74, 6) is 0.835. The standard InChI is InChI=1S/C19H23N3O/c1-2-3-14-23-17-10-7-13-22-16(11-12-20)18(21-19(17)22)15-8-5-4-6-9-15/h4-10,13H,2-3,11-12,14,20H2,1H3. The number of hydrogen-bond acceptors (Lipinski definition) is 3. The highest BCUT2D eigenvalue weighted by Gasteiger charge is 2.16. The molecule has 2 N–H and O–H groups in total. The Morgan fingerprint density at radius 1 is 1.13 bits per heavy atom. The molecule has 23 heavy (non-hydrogen) atoms. The highest BCUT2D eigenvalue weighted by molar-refractivity contribution is 5.69. The first kappa shape index (κ1) is 15.6. The minimum Gasteiger partial charge on any atom is -0.490 e. The molecule has 0 spiro atoms. The maximum absolute atomic E-state index is 5.93. The van der Waals surface area contributed by atoms with Crippen LogP contribution in [-0.4, -0.2) is 22.5 Å². The number of unbranched alkanes of at least 4 members (excludes halogenated alkanes) is 1. The van der Waals surface area contributed by atoms with Crippen LogP contribution in [-0.2, 0) is 6.42 Å². The maximum Gasteiger partial charge on any atom is 0.180 e. The molecule has 0 radical (unpaired) electrons. The number of nitrogens with zero attached hydrogens (tertiary/aromatic N) is 2. The zero-order chi connectivity index (χ0) is 16.1. The molecule has 2 aromatic heterocycles. The van der Waals surface area contributed by atoms with Crippen LogP contribution in [0.25, 0.3) is 16.9 Å². The normalized spacial score (nSPS) is 11.0. The maximum atomic E-state index is 5.93. The van der Waals surface area contributed by atoms with Gasteiger partial charge in [0.25, 0.3) is 0 Å². The van der Waals surface area contributed by atoms with Gasteiger partial charge in [0.15, 0.2) is 11.4 Å². The average Bonchev–Trinajstić information content (AvgIpc) is 2.96. The fourth-order valence-electron chi connectivity index (χ4n) is 2.73. The monoisotopic (exact) mass is 309 g/mol. The van der Waals surface area contributed by atoms with Gasteiger partial charge < -0.3 is 14.9 Å². The van der Waals surface area contributed by atoms with Crippen LogP contribution >= 0.6 is 0 Å². The number of nitrogens with two attached hydrogens (primary N) is 1. The molecule has 4 heteroatoms. The lowest BCUT2D eigenvalue weighted by Gasteiger charge is -2.07. The van der Waals surface area contributed by atoms with E-state index in [1.54, 1.807) is 0 Å². The third-order valence-electron chi connectivity index (χ3n) is 3.90. The molecular formula is C19H23N3O. The van der Waals surface area contributed by atoms with Crippen molar-refractivity contribution in [3.05, 3.63) is 54.4 Å². The largest absolute Gasteiger partial charge is 0.490 e. The van der Waals surface area contributed by atoms with Gasteiger partial charge >= 0.3 is 0 Å². The fourth-order valence-corrected chi connectivity index (χ4v) is 2.73. The highest BCUT2D eigenvalue weighted by Crippen LogP contribution is 2.29. The molecule has 4 nitrogen and oxygen atoms in total. The van der Waals surface area contributed by atoms with Crippen molar-refractivity contribution in [2.24, 2.45) is 5.73 Å². The molecule has 0 bridgehead atoms. The second-order valence-corrected chi connectivity index (χ2v) is 5.58. The molecule has 120 valence electrons. The molecule has 0 fully saturated rings. The van der Waals surface area contributed by atoms with E-state index in [0.717, 1.165) is 54.2 Å². The number of ether oxygens (including phenoxy) is 1. The van der Waals surface area contributed by atoms with Crippen molar-refractivity contribution in [2.75, 3.05) is 13.2 Å². The number of hydrogen-bond donors (Lipinski definition) is 1. The smallest absolute Gasteiger partial charge is 0.180 e. The van der Waals surface area contributed by atoms with E-state index in [2.05, 4.69) is 23.5 Å². The van der Waals surface area contributed by atoms with Crippen molar-refractivity contribution in [1.29, 1.82) is 0 Å². The number of benzene rings is 1.